The van der Waals surface area contributed by atoms with Crippen LogP contribution in [0.25, 0.3) is 0 Å². The molecule has 4 fully saturated rings. The summed E-state index contributed by atoms with van der Waals surface area (Å²) in [7, 11) is 0. The molecule has 0 aromatic heterocycles. The highest BCUT2D eigenvalue weighted by Gasteiger charge is 2.53. The first kappa shape index (κ1) is 20.7. The highest BCUT2D eigenvalue weighted by molar-refractivity contribution is 6.22. The molecule has 4 bridgehead atoms. The number of benzene rings is 1. The molecule has 5 aliphatic rings. The second-order valence-corrected chi connectivity index (χ2v) is 10.0. The van der Waals surface area contributed by atoms with Gasteiger partial charge in [0.05, 0.1) is 16.7 Å². The van der Waals surface area contributed by atoms with Gasteiger partial charge < -0.3 is 9.64 Å². The molecule has 0 unspecified atom stereocenters. The van der Waals surface area contributed by atoms with Gasteiger partial charge in [-0.1, -0.05) is 13.8 Å². The molecule has 4 saturated carbocycles. The molecule has 6 heteroatoms. The Hall–Kier alpha value is -2.21. The Balaban J connectivity index is 1.31. The number of carbonyl (C=O) groups is 3. The predicted octanol–water partition coefficient (Wildman–Crippen LogP) is 3.75. The zero-order chi connectivity index (χ0) is 21.8. The maximum Gasteiger partial charge on any atom is 0.338 e. The highest BCUT2D eigenvalue weighted by Crippen LogP contribution is 2.57. The van der Waals surface area contributed by atoms with Gasteiger partial charge in [0.1, 0.15) is 5.60 Å². The largest absolute Gasteiger partial charge is 0.455 e. The number of amides is 2. The molecule has 0 atom stereocenters. The van der Waals surface area contributed by atoms with Gasteiger partial charge in [0, 0.05) is 13.1 Å². The molecule has 6 nitrogen and oxygen atoms in total. The van der Waals surface area contributed by atoms with Gasteiger partial charge in [-0.3, -0.25) is 14.5 Å². The average Bonchev–Trinajstić information content (AvgIpc) is 2.97. The molecule has 4 aliphatic carbocycles. The van der Waals surface area contributed by atoms with Crippen LogP contribution in [0.3, 0.4) is 0 Å². The van der Waals surface area contributed by atoms with E-state index in [-0.39, 0.29) is 23.4 Å². The molecule has 1 heterocycles. The lowest BCUT2D eigenvalue weighted by atomic mass is 9.54. The lowest BCUT2D eigenvalue weighted by Gasteiger charge is -2.55. The first-order valence-corrected chi connectivity index (χ1v) is 11.9. The molecule has 0 N–H and O–H groups in total. The van der Waals surface area contributed by atoms with Gasteiger partial charge in [0.2, 0.25) is 0 Å². The third-order valence-corrected chi connectivity index (χ3v) is 8.03. The third kappa shape index (κ3) is 3.59. The topological polar surface area (TPSA) is 66.9 Å². The van der Waals surface area contributed by atoms with E-state index in [0.717, 1.165) is 32.4 Å². The van der Waals surface area contributed by atoms with Crippen molar-refractivity contribution >= 4 is 17.8 Å². The van der Waals surface area contributed by atoms with Gasteiger partial charge in [-0.15, -0.1) is 0 Å². The summed E-state index contributed by atoms with van der Waals surface area (Å²) in [6.45, 7) is 6.89. The molecule has 0 spiro atoms. The van der Waals surface area contributed by atoms with Crippen LogP contribution in [0.2, 0.25) is 0 Å². The molecule has 6 rings (SSSR count). The van der Waals surface area contributed by atoms with Crippen molar-refractivity contribution in [2.75, 3.05) is 26.2 Å². The Morgan fingerprint density at radius 3 is 2.16 bits per heavy atom. The fourth-order valence-electron chi connectivity index (χ4n) is 6.81. The predicted molar refractivity (Wildman–Crippen MR) is 116 cm³/mol. The minimum atomic E-state index is -0.355. The van der Waals surface area contributed by atoms with Crippen LogP contribution in [0.1, 0.15) is 83.4 Å². The molecule has 31 heavy (non-hydrogen) atoms. The summed E-state index contributed by atoms with van der Waals surface area (Å²) in [5.74, 6) is 1.14. The van der Waals surface area contributed by atoms with E-state index in [1.165, 1.54) is 24.2 Å². The van der Waals surface area contributed by atoms with E-state index in [9.17, 15) is 14.4 Å². The third-order valence-electron chi connectivity index (χ3n) is 8.03. The van der Waals surface area contributed by atoms with Crippen LogP contribution in [0.15, 0.2) is 18.2 Å². The number of carbonyl (C=O) groups excluding carboxylic acids is 3. The summed E-state index contributed by atoms with van der Waals surface area (Å²) in [6.07, 6.45) is 6.80. The smallest absolute Gasteiger partial charge is 0.338 e. The Bertz CT molecular complexity index is 885. The number of rotatable bonds is 7. The number of hydrogen-bond acceptors (Lipinski definition) is 5. The molecule has 166 valence electrons. The average molecular weight is 425 g/mol. The summed E-state index contributed by atoms with van der Waals surface area (Å²) in [5, 5.41) is 0. The summed E-state index contributed by atoms with van der Waals surface area (Å²) in [4.78, 5) is 42.2. The van der Waals surface area contributed by atoms with Gasteiger partial charge >= 0.3 is 5.97 Å². The van der Waals surface area contributed by atoms with Crippen LogP contribution in [-0.4, -0.2) is 59.4 Å². The molecule has 0 saturated heterocycles. The molecular formula is C25H32N2O4. The number of likely N-dealkylation sites (N-methyl/N-ethyl adjacent to an activating group) is 1. The molecule has 2 amide bonds. The number of hydrogen-bond donors (Lipinski definition) is 0. The molecule has 0 radical (unpaired) electrons. The molecule has 1 aromatic rings. The minimum Gasteiger partial charge on any atom is -0.455 e. The Morgan fingerprint density at radius 1 is 1.00 bits per heavy atom. The van der Waals surface area contributed by atoms with E-state index in [1.54, 1.807) is 18.2 Å². The minimum absolute atomic E-state index is 0.270. The van der Waals surface area contributed by atoms with Crippen molar-refractivity contribution < 1.29 is 19.1 Å². The van der Waals surface area contributed by atoms with Crippen molar-refractivity contribution in [2.24, 2.45) is 17.8 Å². The maximum atomic E-state index is 13.1. The monoisotopic (exact) mass is 424 g/mol. The second-order valence-electron chi connectivity index (χ2n) is 10.0. The number of imide groups is 1. The number of fused-ring (bicyclic) bond motifs is 1. The number of nitrogens with zero attached hydrogens (tertiary/aromatic N) is 2. The summed E-state index contributed by atoms with van der Waals surface area (Å²) in [5.41, 5.74) is 0.766. The second kappa shape index (κ2) is 7.73. The first-order chi connectivity index (χ1) is 14.9. The lowest BCUT2D eigenvalue weighted by molar-refractivity contribution is -0.131. The van der Waals surface area contributed by atoms with Gasteiger partial charge in [0.25, 0.3) is 11.8 Å². The van der Waals surface area contributed by atoms with E-state index >= 15 is 0 Å². The van der Waals surface area contributed by atoms with E-state index in [1.807, 2.05) is 0 Å². The van der Waals surface area contributed by atoms with Crippen LogP contribution >= 0.6 is 0 Å². The quantitative estimate of drug-likeness (QED) is 0.493. The Kier molecular flexibility index (Phi) is 5.16. The van der Waals surface area contributed by atoms with Crippen molar-refractivity contribution in [1.82, 2.24) is 9.80 Å². The van der Waals surface area contributed by atoms with Crippen molar-refractivity contribution in [3.05, 3.63) is 34.9 Å². The van der Waals surface area contributed by atoms with Gasteiger partial charge in [-0.25, -0.2) is 4.79 Å². The van der Waals surface area contributed by atoms with Crippen LogP contribution in [-0.2, 0) is 4.74 Å². The maximum absolute atomic E-state index is 13.1. The zero-order valence-electron chi connectivity index (χ0n) is 18.6. The van der Waals surface area contributed by atoms with E-state index in [2.05, 4.69) is 18.7 Å². The summed E-state index contributed by atoms with van der Waals surface area (Å²) in [6, 6.07) is 4.82. The van der Waals surface area contributed by atoms with Crippen molar-refractivity contribution in [1.29, 1.82) is 0 Å². The Morgan fingerprint density at radius 2 is 1.58 bits per heavy atom. The fourth-order valence-corrected chi connectivity index (χ4v) is 6.81. The summed E-state index contributed by atoms with van der Waals surface area (Å²) >= 11 is 0. The zero-order valence-corrected chi connectivity index (χ0v) is 18.6. The van der Waals surface area contributed by atoms with E-state index in [0.29, 0.717) is 47.5 Å². The first-order valence-electron chi connectivity index (χ1n) is 11.9. The molecule has 1 aliphatic heterocycles. The normalized spacial score (nSPS) is 30.9. The Labute approximate surface area is 183 Å². The SMILES string of the molecule is CCN(CC)CCN1C(=O)c2ccc(C(=O)OC34CC5CC(CC(C5)C3)C4)cc2C1=O. The standard InChI is InChI=1S/C25H32N2O4/c1-3-26(4-2)7-8-27-22(28)20-6-5-19(12-21(20)23(27)29)24(30)31-25-13-16-9-17(14-25)11-18(10-16)15-25/h5-6,12,16-18H,3-4,7-11,13-15H2,1-2H3. The lowest BCUT2D eigenvalue weighted by Crippen LogP contribution is -2.52. The van der Waals surface area contributed by atoms with Crippen molar-refractivity contribution in [3.63, 3.8) is 0 Å². The molecular weight excluding hydrogens is 392 g/mol. The van der Waals surface area contributed by atoms with Crippen LogP contribution in [0, 0.1) is 17.8 Å². The number of esters is 1. The molecule has 1 aromatic carbocycles. The van der Waals surface area contributed by atoms with E-state index in [4.69, 9.17) is 4.74 Å². The van der Waals surface area contributed by atoms with Gasteiger partial charge in [-0.05, 0) is 87.6 Å². The van der Waals surface area contributed by atoms with Crippen molar-refractivity contribution in [3.8, 4) is 0 Å². The van der Waals surface area contributed by atoms with Crippen LogP contribution in [0.4, 0.5) is 0 Å². The number of ether oxygens (including phenoxy) is 1. The van der Waals surface area contributed by atoms with E-state index < -0.39 is 0 Å². The van der Waals surface area contributed by atoms with Gasteiger partial charge in [0.15, 0.2) is 0 Å². The van der Waals surface area contributed by atoms with Crippen molar-refractivity contribution in [2.45, 2.75) is 58.0 Å². The van der Waals surface area contributed by atoms with Gasteiger partial charge in [-0.2, -0.15) is 0 Å². The highest BCUT2D eigenvalue weighted by atomic mass is 16.6. The summed E-state index contributed by atoms with van der Waals surface area (Å²) < 4.78 is 6.14. The van der Waals surface area contributed by atoms with Crippen LogP contribution in [0.5, 0.6) is 0 Å². The van der Waals surface area contributed by atoms with Crippen LogP contribution < -0.4 is 0 Å². The fraction of sp³-hybridized carbons (Fsp3) is 0.640.